The van der Waals surface area contributed by atoms with Gasteiger partial charge in [0.1, 0.15) is 0 Å². The first-order chi connectivity index (χ1) is 8.31. The van der Waals surface area contributed by atoms with Gasteiger partial charge >= 0.3 is 0 Å². The fraction of sp³-hybridized carbons (Fsp3) is 0.357. The highest BCUT2D eigenvalue weighted by Crippen LogP contribution is 2.49. The highest BCUT2D eigenvalue weighted by atomic mass is 79.9. The molecule has 2 nitrogen and oxygen atoms in total. The molecule has 3 heteroatoms. The van der Waals surface area contributed by atoms with E-state index in [1.807, 2.05) is 19.3 Å². The summed E-state index contributed by atoms with van der Waals surface area (Å²) in [6.45, 7) is 1.11. The number of rotatable bonds is 3. The monoisotopic (exact) mass is 290 g/mol. The van der Waals surface area contributed by atoms with Crippen molar-refractivity contribution < 1.29 is 0 Å². The van der Waals surface area contributed by atoms with Crippen molar-refractivity contribution in [3.63, 3.8) is 0 Å². The fourth-order valence-electron chi connectivity index (χ4n) is 2.58. The predicted octanol–water partition coefficient (Wildman–Crippen LogP) is 3.32. The molecule has 1 aromatic heterocycles. The molecule has 2 unspecified atom stereocenters. The lowest BCUT2D eigenvalue weighted by Crippen LogP contribution is -2.10. The second-order valence-corrected chi connectivity index (χ2v) is 5.55. The average molecular weight is 291 g/mol. The molecule has 0 radical (unpaired) electrons. The van der Waals surface area contributed by atoms with Gasteiger partial charge in [0.25, 0.3) is 0 Å². The first-order valence-electron chi connectivity index (χ1n) is 5.99. The van der Waals surface area contributed by atoms with E-state index >= 15 is 0 Å². The van der Waals surface area contributed by atoms with E-state index < -0.39 is 0 Å². The van der Waals surface area contributed by atoms with Crippen molar-refractivity contribution in [3.8, 4) is 0 Å². The first kappa shape index (κ1) is 11.2. The Bertz CT molecular complexity index is 553. The van der Waals surface area contributed by atoms with Crippen LogP contribution in [0.25, 0.3) is 10.9 Å². The number of fused-ring (bicyclic) bond motifs is 1. The van der Waals surface area contributed by atoms with Gasteiger partial charge in [0, 0.05) is 16.1 Å². The van der Waals surface area contributed by atoms with E-state index in [1.54, 1.807) is 0 Å². The minimum Gasteiger partial charge on any atom is -0.319 e. The van der Waals surface area contributed by atoms with Crippen LogP contribution in [0.5, 0.6) is 0 Å². The Kier molecular flexibility index (Phi) is 2.89. The summed E-state index contributed by atoms with van der Waals surface area (Å²) < 4.78 is 1.13. The number of hydrogen-bond acceptors (Lipinski definition) is 2. The molecule has 3 rings (SSSR count). The standard InChI is InChI=1S/C14H15BrN2/c1-16-8-9-7-12(9)10-4-5-13(15)11-3-2-6-17-14(10)11/h2-6,9,12,16H,7-8H2,1H3. The van der Waals surface area contributed by atoms with Crippen LogP contribution < -0.4 is 5.32 Å². The van der Waals surface area contributed by atoms with Crippen LogP contribution in [0.15, 0.2) is 34.9 Å². The molecular formula is C14H15BrN2. The van der Waals surface area contributed by atoms with Crippen molar-refractivity contribution in [2.45, 2.75) is 12.3 Å². The Hall–Kier alpha value is -0.930. The maximum Gasteiger partial charge on any atom is 0.0748 e. The number of aromatic nitrogens is 1. The molecule has 0 bridgehead atoms. The number of benzene rings is 1. The maximum absolute atomic E-state index is 4.55. The second kappa shape index (κ2) is 4.39. The number of hydrogen-bond donors (Lipinski definition) is 1. The largest absolute Gasteiger partial charge is 0.319 e. The van der Waals surface area contributed by atoms with Gasteiger partial charge in [-0.3, -0.25) is 4.98 Å². The number of nitrogens with one attached hydrogen (secondary N) is 1. The van der Waals surface area contributed by atoms with Gasteiger partial charge in [-0.05, 0) is 49.5 Å². The molecule has 0 amide bonds. The van der Waals surface area contributed by atoms with Gasteiger partial charge in [0.2, 0.25) is 0 Å². The predicted molar refractivity (Wildman–Crippen MR) is 74.2 cm³/mol. The number of pyridine rings is 1. The summed E-state index contributed by atoms with van der Waals surface area (Å²) in [6.07, 6.45) is 3.17. The Morgan fingerprint density at radius 2 is 2.29 bits per heavy atom. The molecule has 1 aliphatic carbocycles. The van der Waals surface area contributed by atoms with Gasteiger partial charge < -0.3 is 5.32 Å². The van der Waals surface area contributed by atoms with Crippen LogP contribution in [0.4, 0.5) is 0 Å². The zero-order chi connectivity index (χ0) is 11.8. The van der Waals surface area contributed by atoms with Gasteiger partial charge in [0.15, 0.2) is 0 Å². The normalized spacial score (nSPS) is 22.9. The van der Waals surface area contributed by atoms with Crippen molar-refractivity contribution in [2.24, 2.45) is 5.92 Å². The molecule has 1 N–H and O–H groups in total. The van der Waals surface area contributed by atoms with E-state index in [-0.39, 0.29) is 0 Å². The van der Waals surface area contributed by atoms with Gasteiger partial charge in [0.05, 0.1) is 5.52 Å². The van der Waals surface area contributed by atoms with Crippen LogP contribution in [0, 0.1) is 5.92 Å². The van der Waals surface area contributed by atoms with Gasteiger partial charge in [-0.15, -0.1) is 0 Å². The topological polar surface area (TPSA) is 24.9 Å². The molecule has 1 heterocycles. The van der Waals surface area contributed by atoms with Crippen LogP contribution in [-0.4, -0.2) is 18.6 Å². The van der Waals surface area contributed by atoms with Crippen molar-refractivity contribution in [2.75, 3.05) is 13.6 Å². The average Bonchev–Trinajstić information content (AvgIpc) is 3.10. The molecule has 1 fully saturated rings. The smallest absolute Gasteiger partial charge is 0.0748 e. The van der Waals surface area contributed by atoms with Crippen molar-refractivity contribution in [3.05, 3.63) is 40.5 Å². The molecule has 2 atom stereocenters. The van der Waals surface area contributed by atoms with Crippen molar-refractivity contribution in [1.82, 2.24) is 10.3 Å². The molecular weight excluding hydrogens is 276 g/mol. The molecule has 1 aromatic carbocycles. The molecule has 17 heavy (non-hydrogen) atoms. The van der Waals surface area contributed by atoms with Crippen molar-refractivity contribution >= 4 is 26.8 Å². The molecule has 0 spiro atoms. The third-order valence-corrected chi connectivity index (χ3v) is 4.23. The SMILES string of the molecule is CNCC1CC1c1ccc(Br)c2cccnc12. The summed E-state index contributed by atoms with van der Waals surface area (Å²) >= 11 is 3.59. The number of halogens is 1. The molecule has 0 aliphatic heterocycles. The highest BCUT2D eigenvalue weighted by molar-refractivity contribution is 9.10. The lowest BCUT2D eigenvalue weighted by Gasteiger charge is -2.07. The van der Waals surface area contributed by atoms with Gasteiger partial charge in [-0.2, -0.15) is 0 Å². The summed E-state index contributed by atoms with van der Waals surface area (Å²) in [4.78, 5) is 4.55. The second-order valence-electron chi connectivity index (χ2n) is 4.70. The van der Waals surface area contributed by atoms with E-state index in [0.29, 0.717) is 5.92 Å². The van der Waals surface area contributed by atoms with Crippen LogP contribution in [-0.2, 0) is 0 Å². The first-order valence-corrected chi connectivity index (χ1v) is 6.78. The molecule has 88 valence electrons. The Morgan fingerprint density at radius 3 is 3.12 bits per heavy atom. The van der Waals surface area contributed by atoms with Gasteiger partial charge in [-0.1, -0.05) is 28.1 Å². The fourth-order valence-corrected chi connectivity index (χ4v) is 3.03. The van der Waals surface area contributed by atoms with Gasteiger partial charge in [-0.25, -0.2) is 0 Å². The van der Waals surface area contributed by atoms with E-state index in [1.165, 1.54) is 17.4 Å². The summed E-state index contributed by atoms with van der Waals surface area (Å²) in [5.41, 5.74) is 2.56. The zero-order valence-corrected chi connectivity index (χ0v) is 11.4. The summed E-state index contributed by atoms with van der Waals surface area (Å²) in [5.74, 6) is 1.47. The van der Waals surface area contributed by atoms with Crippen LogP contribution in [0.3, 0.4) is 0 Å². The van der Waals surface area contributed by atoms with E-state index in [9.17, 15) is 0 Å². The van der Waals surface area contributed by atoms with Crippen LogP contribution in [0.1, 0.15) is 17.9 Å². The highest BCUT2D eigenvalue weighted by Gasteiger charge is 2.38. The Balaban J connectivity index is 2.04. The van der Waals surface area contributed by atoms with E-state index in [0.717, 1.165) is 22.5 Å². The zero-order valence-electron chi connectivity index (χ0n) is 9.78. The molecule has 1 aliphatic rings. The summed E-state index contributed by atoms with van der Waals surface area (Å²) in [7, 11) is 2.02. The maximum atomic E-state index is 4.55. The minimum atomic E-state index is 0.688. The third-order valence-electron chi connectivity index (χ3n) is 3.54. The number of nitrogens with zero attached hydrogens (tertiary/aromatic N) is 1. The molecule has 2 aromatic rings. The third kappa shape index (κ3) is 1.98. The minimum absolute atomic E-state index is 0.688. The molecule has 0 saturated heterocycles. The Labute approximate surface area is 110 Å². The summed E-state index contributed by atoms with van der Waals surface area (Å²) in [5, 5.41) is 4.48. The van der Waals surface area contributed by atoms with Crippen LogP contribution >= 0.6 is 15.9 Å². The van der Waals surface area contributed by atoms with E-state index in [4.69, 9.17) is 0 Å². The van der Waals surface area contributed by atoms with Crippen LogP contribution in [0.2, 0.25) is 0 Å². The lowest BCUT2D eigenvalue weighted by molar-refractivity contribution is 0.699. The Morgan fingerprint density at radius 1 is 1.41 bits per heavy atom. The lowest BCUT2D eigenvalue weighted by atomic mass is 10.0. The molecule has 1 saturated carbocycles. The van der Waals surface area contributed by atoms with E-state index in [2.05, 4.69) is 44.4 Å². The summed E-state index contributed by atoms with van der Waals surface area (Å²) in [6, 6.07) is 8.49. The van der Waals surface area contributed by atoms with Crippen molar-refractivity contribution in [1.29, 1.82) is 0 Å². The quantitative estimate of drug-likeness (QED) is 0.938.